The van der Waals surface area contributed by atoms with Gasteiger partial charge in [0.2, 0.25) is 0 Å². The van der Waals surface area contributed by atoms with Crippen LogP contribution in [0.4, 0.5) is 0 Å². The molecule has 0 saturated heterocycles. The smallest absolute Gasteiger partial charge is 0.191 e. The number of nitrogens with one attached hydrogen (secondary N) is 2. The Balaban J connectivity index is 1.99. The molecule has 1 aliphatic carbocycles. The van der Waals surface area contributed by atoms with Crippen LogP contribution in [-0.4, -0.2) is 43.3 Å². The summed E-state index contributed by atoms with van der Waals surface area (Å²) in [4.78, 5) is 4.77. The zero-order valence-electron chi connectivity index (χ0n) is 16.5. The molecule has 6 heteroatoms. The summed E-state index contributed by atoms with van der Waals surface area (Å²) < 4.78 is 11.0. The standard InChI is InChI=1S/C20H33N3O2S/c1-5-21-20(23-16-9-10-17(13-16)26-7-3)22-14-15-8-11-18(24-4)19(12-15)25-6-2/h8,11-12,16-17H,5-7,9-10,13-14H2,1-4H3,(H2,21,22,23). The fraction of sp³-hybridized carbons (Fsp3) is 0.650. The number of methoxy groups -OCH3 is 1. The van der Waals surface area contributed by atoms with Crippen LogP contribution in [0.3, 0.4) is 0 Å². The number of thioether (sulfide) groups is 1. The van der Waals surface area contributed by atoms with Gasteiger partial charge in [0.1, 0.15) is 0 Å². The molecule has 0 heterocycles. The summed E-state index contributed by atoms with van der Waals surface area (Å²) in [5.74, 6) is 3.63. The van der Waals surface area contributed by atoms with Gasteiger partial charge >= 0.3 is 0 Å². The quantitative estimate of drug-likeness (QED) is 0.505. The Hall–Kier alpha value is -1.56. The van der Waals surface area contributed by atoms with Crippen LogP contribution < -0.4 is 20.1 Å². The van der Waals surface area contributed by atoms with Crippen molar-refractivity contribution in [2.45, 2.75) is 57.9 Å². The summed E-state index contributed by atoms with van der Waals surface area (Å²) in [5, 5.41) is 7.76. The number of hydrogen-bond acceptors (Lipinski definition) is 4. The zero-order chi connectivity index (χ0) is 18.8. The summed E-state index contributed by atoms with van der Waals surface area (Å²) in [6, 6.07) is 6.52. The lowest BCUT2D eigenvalue weighted by molar-refractivity contribution is 0.310. The van der Waals surface area contributed by atoms with Crippen LogP contribution in [0.1, 0.15) is 45.6 Å². The molecule has 26 heavy (non-hydrogen) atoms. The van der Waals surface area contributed by atoms with Gasteiger partial charge < -0.3 is 20.1 Å². The van der Waals surface area contributed by atoms with Gasteiger partial charge in [-0.1, -0.05) is 13.0 Å². The van der Waals surface area contributed by atoms with Crippen LogP contribution in [0.15, 0.2) is 23.2 Å². The minimum absolute atomic E-state index is 0.520. The van der Waals surface area contributed by atoms with Gasteiger partial charge in [-0.2, -0.15) is 11.8 Å². The molecule has 2 rings (SSSR count). The topological polar surface area (TPSA) is 54.9 Å². The number of benzene rings is 1. The van der Waals surface area contributed by atoms with E-state index >= 15 is 0 Å². The van der Waals surface area contributed by atoms with Crippen molar-refractivity contribution < 1.29 is 9.47 Å². The first-order chi connectivity index (χ1) is 12.7. The van der Waals surface area contributed by atoms with Crippen LogP contribution in [0, 0.1) is 0 Å². The van der Waals surface area contributed by atoms with Crippen molar-refractivity contribution in [1.29, 1.82) is 0 Å². The first-order valence-corrected chi connectivity index (χ1v) is 10.7. The second kappa shape index (κ2) is 11.2. The van der Waals surface area contributed by atoms with Crippen LogP contribution in [0.25, 0.3) is 0 Å². The zero-order valence-corrected chi connectivity index (χ0v) is 17.3. The number of hydrogen-bond donors (Lipinski definition) is 2. The highest BCUT2D eigenvalue weighted by Crippen LogP contribution is 2.30. The maximum atomic E-state index is 5.66. The molecule has 0 aromatic heterocycles. The van der Waals surface area contributed by atoms with E-state index in [1.807, 2.05) is 25.1 Å². The molecule has 5 nitrogen and oxygen atoms in total. The van der Waals surface area contributed by atoms with E-state index < -0.39 is 0 Å². The van der Waals surface area contributed by atoms with E-state index in [-0.39, 0.29) is 0 Å². The normalized spacial score (nSPS) is 20.1. The summed E-state index contributed by atoms with van der Waals surface area (Å²) in [5.41, 5.74) is 1.11. The van der Waals surface area contributed by atoms with Crippen molar-refractivity contribution in [2.75, 3.05) is 26.0 Å². The van der Waals surface area contributed by atoms with Gasteiger partial charge in [-0.3, -0.25) is 0 Å². The monoisotopic (exact) mass is 379 g/mol. The molecule has 2 unspecified atom stereocenters. The van der Waals surface area contributed by atoms with Gasteiger partial charge in [0.25, 0.3) is 0 Å². The summed E-state index contributed by atoms with van der Waals surface area (Å²) in [6.07, 6.45) is 3.74. The maximum absolute atomic E-state index is 5.66. The van der Waals surface area contributed by atoms with E-state index in [1.54, 1.807) is 7.11 Å². The minimum Gasteiger partial charge on any atom is -0.493 e. The van der Waals surface area contributed by atoms with Gasteiger partial charge in [-0.15, -0.1) is 0 Å². The molecule has 1 aromatic rings. The SMILES string of the molecule is CCNC(=NCc1ccc(OC)c(OCC)c1)NC1CCC(SCC)C1. The van der Waals surface area contributed by atoms with Gasteiger partial charge in [0.15, 0.2) is 17.5 Å². The third kappa shape index (κ3) is 6.31. The molecule has 0 amide bonds. The molecule has 146 valence electrons. The second-order valence-corrected chi connectivity index (χ2v) is 7.92. The Morgan fingerprint density at radius 3 is 2.77 bits per heavy atom. The van der Waals surface area contributed by atoms with Gasteiger partial charge in [-0.05, 0) is 56.6 Å². The van der Waals surface area contributed by atoms with Crippen molar-refractivity contribution >= 4 is 17.7 Å². The molecule has 0 radical (unpaired) electrons. The fourth-order valence-electron chi connectivity index (χ4n) is 3.23. The predicted molar refractivity (Wildman–Crippen MR) is 112 cm³/mol. The highest BCUT2D eigenvalue weighted by Gasteiger charge is 2.25. The van der Waals surface area contributed by atoms with E-state index in [2.05, 4.69) is 36.2 Å². The van der Waals surface area contributed by atoms with Crippen molar-refractivity contribution in [3.8, 4) is 11.5 Å². The third-order valence-corrected chi connectivity index (χ3v) is 5.65. The van der Waals surface area contributed by atoms with Gasteiger partial charge in [0.05, 0.1) is 20.3 Å². The maximum Gasteiger partial charge on any atom is 0.191 e. The summed E-state index contributed by atoms with van der Waals surface area (Å²) in [7, 11) is 1.66. The van der Waals surface area contributed by atoms with Gasteiger partial charge in [0, 0.05) is 17.8 Å². The minimum atomic E-state index is 0.520. The average Bonchev–Trinajstić information content (AvgIpc) is 3.08. The van der Waals surface area contributed by atoms with Crippen molar-refractivity contribution in [2.24, 2.45) is 4.99 Å². The number of rotatable bonds is 9. The molecule has 0 bridgehead atoms. The first kappa shape index (κ1) is 20.7. The molecule has 2 N–H and O–H groups in total. The van der Waals surface area contributed by atoms with E-state index in [0.717, 1.165) is 34.8 Å². The molecule has 0 spiro atoms. The van der Waals surface area contributed by atoms with Crippen LogP contribution >= 0.6 is 11.8 Å². The molecule has 1 fully saturated rings. The number of ether oxygens (including phenoxy) is 2. The van der Waals surface area contributed by atoms with Gasteiger partial charge in [-0.25, -0.2) is 4.99 Å². The Kier molecular flexibility index (Phi) is 8.95. The molecule has 0 aliphatic heterocycles. The number of nitrogens with zero attached hydrogens (tertiary/aromatic N) is 1. The van der Waals surface area contributed by atoms with Crippen molar-refractivity contribution in [3.63, 3.8) is 0 Å². The van der Waals surface area contributed by atoms with E-state index in [4.69, 9.17) is 14.5 Å². The first-order valence-electron chi connectivity index (χ1n) is 9.66. The van der Waals surface area contributed by atoms with Crippen LogP contribution in [0.2, 0.25) is 0 Å². The van der Waals surface area contributed by atoms with Crippen LogP contribution in [-0.2, 0) is 6.54 Å². The Labute approximate surface area is 162 Å². The molecule has 1 saturated carbocycles. The van der Waals surface area contributed by atoms with E-state index in [1.165, 1.54) is 25.0 Å². The molecular weight excluding hydrogens is 346 g/mol. The highest BCUT2D eigenvalue weighted by atomic mass is 32.2. The van der Waals surface area contributed by atoms with Crippen molar-refractivity contribution in [1.82, 2.24) is 10.6 Å². The lowest BCUT2D eigenvalue weighted by Gasteiger charge is -2.17. The van der Waals surface area contributed by atoms with Crippen molar-refractivity contribution in [3.05, 3.63) is 23.8 Å². The molecule has 1 aromatic carbocycles. The second-order valence-electron chi connectivity index (χ2n) is 6.35. The Morgan fingerprint density at radius 1 is 1.23 bits per heavy atom. The lowest BCUT2D eigenvalue weighted by atomic mass is 10.2. The Morgan fingerprint density at radius 2 is 2.08 bits per heavy atom. The predicted octanol–water partition coefficient (Wildman–Crippen LogP) is 3.82. The third-order valence-electron chi connectivity index (χ3n) is 4.42. The summed E-state index contributed by atoms with van der Waals surface area (Å²) >= 11 is 2.08. The molecule has 2 atom stereocenters. The number of guanidine groups is 1. The largest absolute Gasteiger partial charge is 0.493 e. The molecule has 1 aliphatic rings. The average molecular weight is 380 g/mol. The Bertz CT molecular complexity index is 580. The molecular formula is C20H33N3O2S. The lowest BCUT2D eigenvalue weighted by Crippen LogP contribution is -2.42. The van der Waals surface area contributed by atoms with E-state index in [9.17, 15) is 0 Å². The van der Waals surface area contributed by atoms with Crippen LogP contribution in [0.5, 0.6) is 11.5 Å². The number of aliphatic imine (C=N–C) groups is 1. The highest BCUT2D eigenvalue weighted by molar-refractivity contribution is 7.99. The van der Waals surface area contributed by atoms with E-state index in [0.29, 0.717) is 19.2 Å². The summed E-state index contributed by atoms with van der Waals surface area (Å²) in [6.45, 7) is 8.40. The fourth-order valence-corrected chi connectivity index (χ4v) is 4.37.